The molecule has 6 heteroatoms. The largest absolute Gasteiger partial charge is 0.322 e. The van der Waals surface area contributed by atoms with Crippen LogP contribution in [-0.4, -0.2) is 47.2 Å². The van der Waals surface area contributed by atoms with E-state index in [-0.39, 0.29) is 6.04 Å². The first-order valence-corrected chi connectivity index (χ1v) is 11.4. The molecule has 4 nitrogen and oxygen atoms in total. The van der Waals surface area contributed by atoms with Gasteiger partial charge in [0.1, 0.15) is 11.3 Å². The van der Waals surface area contributed by atoms with Gasteiger partial charge in [0.15, 0.2) is 11.6 Å². The van der Waals surface area contributed by atoms with Crippen molar-refractivity contribution in [1.29, 1.82) is 0 Å². The van der Waals surface area contributed by atoms with E-state index in [4.69, 9.17) is 4.98 Å². The molecule has 4 rings (SSSR count). The summed E-state index contributed by atoms with van der Waals surface area (Å²) in [7, 11) is 0. The van der Waals surface area contributed by atoms with Gasteiger partial charge in [-0.15, -0.1) is 0 Å². The number of rotatable bonds is 8. The van der Waals surface area contributed by atoms with Crippen LogP contribution < -0.4 is 5.32 Å². The van der Waals surface area contributed by atoms with Gasteiger partial charge < -0.3 is 14.8 Å². The third kappa shape index (κ3) is 4.33. The highest BCUT2D eigenvalue weighted by Gasteiger charge is 2.32. The maximum Gasteiger partial charge on any atom is 0.184 e. The zero-order valence-corrected chi connectivity index (χ0v) is 17.8. The SMILES string of the molecule is CCCCCC(C)CN1CCC(n2c(C3CNC3)nc3ccc(F)c(F)c32)CC1. The second kappa shape index (κ2) is 9.09. The fourth-order valence-corrected chi connectivity index (χ4v) is 4.90. The summed E-state index contributed by atoms with van der Waals surface area (Å²) < 4.78 is 30.8. The molecule has 2 aromatic rings. The van der Waals surface area contributed by atoms with Crippen LogP contribution >= 0.6 is 0 Å². The van der Waals surface area contributed by atoms with Crippen molar-refractivity contribution in [3.63, 3.8) is 0 Å². The summed E-state index contributed by atoms with van der Waals surface area (Å²) in [5, 5.41) is 3.28. The van der Waals surface area contributed by atoms with Gasteiger partial charge in [-0.1, -0.05) is 33.1 Å². The molecule has 2 saturated heterocycles. The summed E-state index contributed by atoms with van der Waals surface area (Å²) in [5.74, 6) is 0.405. The van der Waals surface area contributed by atoms with Crippen molar-refractivity contribution in [2.45, 2.75) is 64.3 Å². The standard InChI is InChI=1S/C23H34F2N4/c1-3-4-5-6-16(2)15-28-11-9-18(10-12-28)29-22-20(8-7-19(24)21(22)25)27-23(29)17-13-26-14-17/h7-8,16-18,26H,3-6,9-15H2,1-2H3. The Morgan fingerprint density at radius 1 is 1.17 bits per heavy atom. The number of fused-ring (bicyclic) bond motifs is 1. The Morgan fingerprint density at radius 2 is 1.93 bits per heavy atom. The van der Waals surface area contributed by atoms with Crippen molar-refractivity contribution in [3.05, 3.63) is 29.6 Å². The lowest BCUT2D eigenvalue weighted by Gasteiger charge is -2.36. The summed E-state index contributed by atoms with van der Waals surface area (Å²) >= 11 is 0. The molecule has 2 fully saturated rings. The Morgan fingerprint density at radius 3 is 2.59 bits per heavy atom. The molecule has 2 aliphatic heterocycles. The first-order chi connectivity index (χ1) is 14.1. The number of imidazole rings is 1. The fraction of sp³-hybridized carbons (Fsp3) is 0.696. The third-order valence-corrected chi connectivity index (χ3v) is 6.71. The average molecular weight is 405 g/mol. The minimum absolute atomic E-state index is 0.193. The number of benzene rings is 1. The van der Waals surface area contributed by atoms with Crippen LogP contribution in [-0.2, 0) is 0 Å². The van der Waals surface area contributed by atoms with Crippen molar-refractivity contribution in [1.82, 2.24) is 19.8 Å². The number of hydrogen-bond donors (Lipinski definition) is 1. The quantitative estimate of drug-likeness (QED) is 0.638. The van der Waals surface area contributed by atoms with Crippen LogP contribution in [0.2, 0.25) is 0 Å². The maximum atomic E-state index is 14.7. The molecule has 1 N–H and O–H groups in total. The average Bonchev–Trinajstić information content (AvgIpc) is 3.04. The van der Waals surface area contributed by atoms with Gasteiger partial charge in [-0.3, -0.25) is 0 Å². The number of halogens is 2. The summed E-state index contributed by atoms with van der Waals surface area (Å²) in [6.07, 6.45) is 7.14. The van der Waals surface area contributed by atoms with Crippen LogP contribution in [0.15, 0.2) is 12.1 Å². The van der Waals surface area contributed by atoms with Gasteiger partial charge in [-0.05, 0) is 37.3 Å². The normalized spacial score (nSPS) is 20.3. The van der Waals surface area contributed by atoms with Crippen molar-refractivity contribution < 1.29 is 8.78 Å². The molecule has 0 amide bonds. The molecule has 0 spiro atoms. The topological polar surface area (TPSA) is 33.1 Å². The minimum atomic E-state index is -0.782. The van der Waals surface area contributed by atoms with E-state index in [1.165, 1.54) is 31.7 Å². The molecule has 1 aromatic heterocycles. The predicted octanol–water partition coefficient (Wildman–Crippen LogP) is 4.85. The number of hydrogen-bond acceptors (Lipinski definition) is 3. The number of aromatic nitrogens is 2. The lowest BCUT2D eigenvalue weighted by molar-refractivity contribution is 0.161. The number of nitrogens with zero attached hydrogens (tertiary/aromatic N) is 3. The molecule has 1 unspecified atom stereocenters. The Kier molecular flexibility index (Phi) is 6.50. The second-order valence-corrected chi connectivity index (χ2v) is 9.06. The molecule has 1 atom stereocenters. The molecule has 2 aliphatic rings. The van der Waals surface area contributed by atoms with E-state index in [1.54, 1.807) is 6.07 Å². The van der Waals surface area contributed by atoms with Gasteiger partial charge in [-0.25, -0.2) is 13.8 Å². The molecule has 1 aromatic carbocycles. The first kappa shape index (κ1) is 20.7. The zero-order valence-electron chi connectivity index (χ0n) is 17.8. The van der Waals surface area contributed by atoms with Crippen molar-refractivity contribution >= 4 is 11.0 Å². The number of nitrogens with one attached hydrogen (secondary N) is 1. The van der Waals surface area contributed by atoms with Gasteiger partial charge in [0.2, 0.25) is 0 Å². The van der Waals surface area contributed by atoms with E-state index in [0.29, 0.717) is 17.0 Å². The molecule has 160 valence electrons. The van der Waals surface area contributed by atoms with E-state index in [2.05, 4.69) is 24.1 Å². The zero-order chi connectivity index (χ0) is 20.4. The van der Waals surface area contributed by atoms with Crippen LogP contribution in [0.3, 0.4) is 0 Å². The highest BCUT2D eigenvalue weighted by molar-refractivity contribution is 5.77. The molecular weight excluding hydrogens is 370 g/mol. The number of likely N-dealkylation sites (tertiary alicyclic amines) is 1. The smallest absolute Gasteiger partial charge is 0.184 e. The lowest BCUT2D eigenvalue weighted by Crippen LogP contribution is -2.42. The van der Waals surface area contributed by atoms with Crippen LogP contribution in [0.25, 0.3) is 11.0 Å². The molecule has 0 radical (unpaired) electrons. The van der Waals surface area contributed by atoms with E-state index >= 15 is 0 Å². The minimum Gasteiger partial charge on any atom is -0.322 e. The van der Waals surface area contributed by atoms with Gasteiger partial charge >= 0.3 is 0 Å². The Balaban J connectivity index is 1.48. The highest BCUT2D eigenvalue weighted by atomic mass is 19.2. The predicted molar refractivity (Wildman–Crippen MR) is 113 cm³/mol. The molecule has 29 heavy (non-hydrogen) atoms. The Bertz CT molecular complexity index is 822. The Labute approximate surface area is 172 Å². The molecule has 3 heterocycles. The second-order valence-electron chi connectivity index (χ2n) is 9.06. The van der Waals surface area contributed by atoms with E-state index in [0.717, 1.165) is 57.3 Å². The molecule has 0 bridgehead atoms. The molecule has 0 saturated carbocycles. The van der Waals surface area contributed by atoms with E-state index in [9.17, 15) is 8.78 Å². The van der Waals surface area contributed by atoms with Crippen molar-refractivity contribution in [3.8, 4) is 0 Å². The van der Waals surface area contributed by atoms with Gasteiger partial charge in [0.25, 0.3) is 0 Å². The highest BCUT2D eigenvalue weighted by Crippen LogP contribution is 2.34. The number of unbranched alkanes of at least 4 members (excludes halogenated alkanes) is 2. The van der Waals surface area contributed by atoms with Crippen LogP contribution in [0, 0.1) is 17.6 Å². The van der Waals surface area contributed by atoms with Crippen molar-refractivity contribution in [2.24, 2.45) is 5.92 Å². The van der Waals surface area contributed by atoms with Crippen LogP contribution in [0.4, 0.5) is 8.78 Å². The Hall–Kier alpha value is -1.53. The van der Waals surface area contributed by atoms with E-state index < -0.39 is 11.6 Å². The fourth-order valence-electron chi connectivity index (χ4n) is 4.90. The van der Waals surface area contributed by atoms with Gasteiger partial charge in [-0.2, -0.15) is 0 Å². The first-order valence-electron chi connectivity index (χ1n) is 11.4. The van der Waals surface area contributed by atoms with Gasteiger partial charge in [0, 0.05) is 44.7 Å². The molecular formula is C23H34F2N4. The monoisotopic (exact) mass is 404 g/mol. The maximum absolute atomic E-state index is 14.7. The summed E-state index contributed by atoms with van der Waals surface area (Å²) in [4.78, 5) is 7.27. The third-order valence-electron chi connectivity index (χ3n) is 6.71. The van der Waals surface area contributed by atoms with Crippen molar-refractivity contribution in [2.75, 3.05) is 32.7 Å². The summed E-state index contributed by atoms with van der Waals surface area (Å²) in [5.41, 5.74) is 0.941. The lowest BCUT2D eigenvalue weighted by atomic mass is 9.98. The van der Waals surface area contributed by atoms with Crippen LogP contribution in [0.1, 0.15) is 70.2 Å². The summed E-state index contributed by atoms with van der Waals surface area (Å²) in [6.45, 7) is 9.50. The summed E-state index contributed by atoms with van der Waals surface area (Å²) in [6, 6.07) is 3.01. The van der Waals surface area contributed by atoms with E-state index in [1.807, 2.05) is 4.57 Å². The van der Waals surface area contributed by atoms with Gasteiger partial charge in [0.05, 0.1) is 5.52 Å². The van der Waals surface area contributed by atoms with Crippen LogP contribution in [0.5, 0.6) is 0 Å². The number of piperidine rings is 1. The molecule has 0 aliphatic carbocycles.